The second-order valence-electron chi connectivity index (χ2n) is 8.92. The fraction of sp³-hybridized carbons (Fsp3) is 0.0333. The van der Waals surface area contributed by atoms with Gasteiger partial charge in [0.1, 0.15) is 11.2 Å². The number of aryl methyl sites for hydroxylation is 1. The number of para-hydroxylation sites is 2. The topological polar surface area (TPSA) is 30.4 Å². The maximum atomic E-state index is 6.19. The summed E-state index contributed by atoms with van der Waals surface area (Å²) in [6.45, 7) is 2.11. The maximum Gasteiger partial charge on any atom is 0.136 e. The monoisotopic (exact) mass is 422 g/mol. The van der Waals surface area contributed by atoms with Gasteiger partial charge in [0.15, 0.2) is 0 Å². The Morgan fingerprint density at radius 3 is 2.45 bits per heavy atom. The molecule has 3 heteroatoms. The number of nitrogens with zero attached hydrogens (tertiary/aromatic N) is 2. The van der Waals surface area contributed by atoms with Crippen molar-refractivity contribution in [3.63, 3.8) is 0 Å². The number of pyridine rings is 1. The molecule has 0 N–H and O–H groups in total. The molecule has 0 amide bonds. The van der Waals surface area contributed by atoms with Crippen LogP contribution in [0.2, 0.25) is 0 Å². The van der Waals surface area contributed by atoms with Gasteiger partial charge >= 0.3 is 0 Å². The first-order valence-electron chi connectivity index (χ1n) is 11.2. The highest BCUT2D eigenvalue weighted by molar-refractivity contribution is 6.32. The zero-order chi connectivity index (χ0) is 21.7. The zero-order valence-electron chi connectivity index (χ0n) is 18.0. The lowest BCUT2D eigenvalue weighted by Crippen LogP contribution is -1.85. The third-order valence-corrected chi connectivity index (χ3v) is 7.03. The van der Waals surface area contributed by atoms with Crippen molar-refractivity contribution in [1.82, 2.24) is 9.38 Å². The summed E-state index contributed by atoms with van der Waals surface area (Å²) in [7, 11) is 0. The molecule has 154 valence electrons. The molecule has 0 radical (unpaired) electrons. The van der Waals surface area contributed by atoms with Crippen molar-refractivity contribution >= 4 is 60.0 Å². The van der Waals surface area contributed by atoms with E-state index in [0.29, 0.717) is 0 Å². The molecule has 0 spiro atoms. The van der Waals surface area contributed by atoms with Gasteiger partial charge in [0, 0.05) is 44.1 Å². The fourth-order valence-corrected chi connectivity index (χ4v) is 5.64. The Morgan fingerprint density at radius 2 is 1.52 bits per heavy atom. The maximum absolute atomic E-state index is 6.19. The molecule has 3 nitrogen and oxygen atoms in total. The molecule has 0 bridgehead atoms. The lowest BCUT2D eigenvalue weighted by Gasteiger charge is -2.04. The molecule has 0 atom stereocenters. The average Bonchev–Trinajstić information content (AvgIpc) is 3.49. The molecule has 0 saturated heterocycles. The van der Waals surface area contributed by atoms with Gasteiger partial charge in [0.25, 0.3) is 0 Å². The van der Waals surface area contributed by atoms with E-state index in [1.807, 2.05) is 24.4 Å². The number of hydrogen-bond donors (Lipinski definition) is 0. The highest BCUT2D eigenvalue weighted by Crippen LogP contribution is 2.44. The number of fused-ring (bicyclic) bond motifs is 10. The van der Waals surface area contributed by atoms with Crippen LogP contribution in [0.5, 0.6) is 0 Å². The van der Waals surface area contributed by atoms with Crippen molar-refractivity contribution in [2.24, 2.45) is 0 Å². The summed E-state index contributed by atoms with van der Waals surface area (Å²) in [6, 6.07) is 30.2. The molecule has 4 heterocycles. The van der Waals surface area contributed by atoms with Gasteiger partial charge in [-0.05, 0) is 55.0 Å². The van der Waals surface area contributed by atoms with Crippen LogP contribution in [0.3, 0.4) is 0 Å². The first-order chi connectivity index (χ1) is 16.3. The normalized spacial score (nSPS) is 12.4. The van der Waals surface area contributed by atoms with E-state index < -0.39 is 0 Å². The second-order valence-corrected chi connectivity index (χ2v) is 8.92. The number of aromatic nitrogens is 2. The number of rotatable bonds is 1. The third-order valence-electron chi connectivity index (χ3n) is 7.03. The number of furan rings is 1. The van der Waals surface area contributed by atoms with Gasteiger partial charge in [-0.3, -0.25) is 4.98 Å². The lowest BCUT2D eigenvalue weighted by atomic mass is 10.0. The minimum absolute atomic E-state index is 0.935. The first-order valence-corrected chi connectivity index (χ1v) is 11.2. The molecule has 0 aliphatic rings. The minimum atomic E-state index is 0.935. The van der Waals surface area contributed by atoms with Gasteiger partial charge in [-0.1, -0.05) is 42.5 Å². The first kappa shape index (κ1) is 17.2. The number of hydrogen-bond acceptors (Lipinski definition) is 2. The Hall–Kier alpha value is -4.37. The molecule has 8 rings (SSSR count). The molecular formula is C30H18N2O. The summed E-state index contributed by atoms with van der Waals surface area (Å²) in [5, 5.41) is 7.44. The SMILES string of the molecule is Cc1ccnc(-c2ccc3c(c2)c2cccc4c5c6c(ccc5n3c24)oc2ccccc26)c1. The van der Waals surface area contributed by atoms with E-state index in [1.165, 1.54) is 54.4 Å². The molecule has 0 aliphatic heterocycles. The molecule has 0 saturated carbocycles. The lowest BCUT2D eigenvalue weighted by molar-refractivity contribution is 0.669. The van der Waals surface area contributed by atoms with E-state index in [0.717, 1.165) is 22.4 Å². The van der Waals surface area contributed by atoms with Crippen LogP contribution in [-0.2, 0) is 0 Å². The van der Waals surface area contributed by atoms with E-state index in [-0.39, 0.29) is 0 Å². The molecular weight excluding hydrogens is 404 g/mol. The van der Waals surface area contributed by atoms with Crippen molar-refractivity contribution < 1.29 is 4.42 Å². The van der Waals surface area contributed by atoms with Crippen LogP contribution in [0.25, 0.3) is 71.3 Å². The van der Waals surface area contributed by atoms with Crippen LogP contribution in [0, 0.1) is 6.92 Å². The van der Waals surface area contributed by atoms with Crippen LogP contribution >= 0.6 is 0 Å². The Balaban J connectivity index is 1.56. The summed E-state index contributed by atoms with van der Waals surface area (Å²) < 4.78 is 8.62. The summed E-state index contributed by atoms with van der Waals surface area (Å²) in [5.41, 5.74) is 8.97. The summed E-state index contributed by atoms with van der Waals surface area (Å²) in [6.07, 6.45) is 1.89. The van der Waals surface area contributed by atoms with Crippen LogP contribution < -0.4 is 0 Å². The van der Waals surface area contributed by atoms with Crippen LogP contribution in [0.1, 0.15) is 5.56 Å². The average molecular weight is 422 g/mol. The zero-order valence-corrected chi connectivity index (χ0v) is 18.0. The smallest absolute Gasteiger partial charge is 0.136 e. The largest absolute Gasteiger partial charge is 0.456 e. The van der Waals surface area contributed by atoms with Crippen molar-refractivity contribution in [2.75, 3.05) is 0 Å². The van der Waals surface area contributed by atoms with Gasteiger partial charge in [-0.2, -0.15) is 0 Å². The number of benzene rings is 4. The quantitative estimate of drug-likeness (QED) is 0.267. The molecule has 8 aromatic rings. The Labute approximate surface area is 188 Å². The van der Waals surface area contributed by atoms with Crippen molar-refractivity contribution in [1.29, 1.82) is 0 Å². The minimum Gasteiger partial charge on any atom is -0.456 e. The molecule has 0 fully saturated rings. The van der Waals surface area contributed by atoms with Crippen LogP contribution in [0.4, 0.5) is 0 Å². The summed E-state index contributed by atoms with van der Waals surface area (Å²) in [5.74, 6) is 0. The Kier molecular flexibility index (Phi) is 3.08. The molecule has 4 aromatic heterocycles. The second kappa shape index (κ2) is 5.90. The standard InChI is InChI=1S/C30H18N2O/c1-17-13-14-31-23(15-17)18-9-10-24-22(16-18)19-6-4-7-21-28-25(32(24)30(19)21)11-12-27-29(28)20-5-2-3-8-26(20)33-27/h2-16H,1H3. The fourth-order valence-electron chi connectivity index (χ4n) is 5.64. The van der Waals surface area contributed by atoms with E-state index in [2.05, 4.69) is 83.0 Å². The van der Waals surface area contributed by atoms with Gasteiger partial charge in [0.05, 0.1) is 22.2 Å². The van der Waals surface area contributed by atoms with Gasteiger partial charge in [-0.15, -0.1) is 0 Å². The van der Waals surface area contributed by atoms with Gasteiger partial charge in [0.2, 0.25) is 0 Å². The third kappa shape index (κ3) is 2.12. The highest BCUT2D eigenvalue weighted by atomic mass is 16.3. The van der Waals surface area contributed by atoms with Gasteiger partial charge in [-0.25, -0.2) is 0 Å². The molecule has 33 heavy (non-hydrogen) atoms. The van der Waals surface area contributed by atoms with Crippen LogP contribution in [-0.4, -0.2) is 9.38 Å². The summed E-state index contributed by atoms with van der Waals surface area (Å²) >= 11 is 0. The van der Waals surface area contributed by atoms with E-state index in [1.54, 1.807) is 0 Å². The molecule has 0 aliphatic carbocycles. The van der Waals surface area contributed by atoms with Crippen molar-refractivity contribution in [3.8, 4) is 11.3 Å². The van der Waals surface area contributed by atoms with Crippen LogP contribution in [0.15, 0.2) is 95.5 Å². The van der Waals surface area contributed by atoms with Crippen molar-refractivity contribution in [2.45, 2.75) is 6.92 Å². The highest BCUT2D eigenvalue weighted by Gasteiger charge is 2.21. The van der Waals surface area contributed by atoms with E-state index in [4.69, 9.17) is 4.42 Å². The molecule has 4 aromatic carbocycles. The predicted molar refractivity (Wildman–Crippen MR) is 136 cm³/mol. The Morgan fingerprint density at radius 1 is 0.667 bits per heavy atom. The molecule has 0 unspecified atom stereocenters. The summed E-state index contributed by atoms with van der Waals surface area (Å²) in [4.78, 5) is 4.61. The predicted octanol–water partition coefficient (Wildman–Crippen LogP) is 8.11. The van der Waals surface area contributed by atoms with Crippen molar-refractivity contribution in [3.05, 3.63) is 96.7 Å². The van der Waals surface area contributed by atoms with E-state index >= 15 is 0 Å². The van der Waals surface area contributed by atoms with Gasteiger partial charge < -0.3 is 8.82 Å². The van der Waals surface area contributed by atoms with E-state index in [9.17, 15) is 0 Å². The Bertz CT molecular complexity index is 2040.